The predicted molar refractivity (Wildman–Crippen MR) is 106 cm³/mol. The van der Waals surface area contributed by atoms with Gasteiger partial charge >= 0.3 is 0 Å². The Morgan fingerprint density at radius 1 is 0.889 bits per heavy atom. The summed E-state index contributed by atoms with van der Waals surface area (Å²) in [6.07, 6.45) is 4.21. The third kappa shape index (κ3) is 7.85. The average Bonchev–Trinajstić information content (AvgIpc) is 2.57. The van der Waals surface area contributed by atoms with Gasteiger partial charge in [-0.1, -0.05) is 55.4 Å². The fraction of sp³-hybridized carbons (Fsp3) is 0.650. The Bertz CT molecular complexity index is 631. The molecule has 2 atom stereocenters. The van der Waals surface area contributed by atoms with E-state index in [0.717, 1.165) is 0 Å². The van der Waals surface area contributed by atoms with Gasteiger partial charge in [0.05, 0.1) is 12.2 Å². The van der Waals surface area contributed by atoms with Crippen LogP contribution in [0.5, 0.6) is 0 Å². The highest BCUT2D eigenvalue weighted by Crippen LogP contribution is 2.23. The number of Topliss-reactive ketones (excluding diaryl/α,β-unsaturated/α-hetero) is 1. The van der Waals surface area contributed by atoms with Crippen molar-refractivity contribution in [3.8, 4) is 0 Å². The molecule has 0 aromatic carbocycles. The van der Waals surface area contributed by atoms with Crippen molar-refractivity contribution >= 4 is 17.6 Å². The first-order valence-electron chi connectivity index (χ1n) is 9.21. The second kappa shape index (κ2) is 10.1. The van der Waals surface area contributed by atoms with E-state index in [1.165, 1.54) is 25.5 Å². The monoisotopic (exact) mass is 378 g/mol. The highest BCUT2D eigenvalue weighted by molar-refractivity contribution is 5.97. The lowest BCUT2D eigenvalue weighted by atomic mass is 9.82. The molecule has 0 spiro atoms. The topological polar surface area (TPSA) is 101 Å². The zero-order valence-electron chi connectivity index (χ0n) is 18.0. The quantitative estimate of drug-likeness (QED) is 0.820. The zero-order valence-corrected chi connectivity index (χ0v) is 18.0. The van der Waals surface area contributed by atoms with Gasteiger partial charge in [0.25, 0.3) is 5.91 Å². The molecular formula is C20H34N4O3. The Morgan fingerprint density at radius 3 is 1.78 bits per heavy atom. The zero-order chi connectivity index (χ0) is 21.4. The maximum atomic E-state index is 12.8. The van der Waals surface area contributed by atoms with Crippen LogP contribution in [0.15, 0.2) is 18.6 Å². The Balaban J connectivity index is 0.00000326. The molecule has 152 valence electrons. The van der Waals surface area contributed by atoms with Gasteiger partial charge < -0.3 is 10.6 Å². The Hall–Kier alpha value is -2.31. The molecular weight excluding hydrogens is 344 g/mol. The van der Waals surface area contributed by atoms with Gasteiger partial charge in [-0.15, -0.1) is 0 Å². The molecule has 0 bridgehead atoms. The number of carbonyl (C=O) groups excluding carboxylic acids is 3. The lowest BCUT2D eigenvalue weighted by molar-refractivity contribution is -0.131. The van der Waals surface area contributed by atoms with E-state index in [-0.39, 0.29) is 11.5 Å². The van der Waals surface area contributed by atoms with E-state index in [2.05, 4.69) is 20.6 Å². The molecule has 0 fully saturated rings. The molecule has 2 N–H and O–H groups in total. The molecule has 27 heavy (non-hydrogen) atoms. The standard InChI is InChI=1S/C18H28N4O3.C2H6/c1-11(23)13(17(2,3)4)21-16(25)14(18(5,6)7)22-15(24)12-10-19-8-9-20-12;1-2/h8-10,13-14H,1-7H3,(H,21,25)(H,22,24);1-2H3. The van der Waals surface area contributed by atoms with E-state index < -0.39 is 34.7 Å². The van der Waals surface area contributed by atoms with E-state index in [0.29, 0.717) is 0 Å². The molecule has 0 saturated carbocycles. The molecule has 7 nitrogen and oxygen atoms in total. The van der Waals surface area contributed by atoms with Crippen molar-refractivity contribution in [2.45, 2.75) is 74.4 Å². The average molecular weight is 379 g/mol. The third-order valence-electron chi connectivity index (χ3n) is 3.76. The lowest BCUT2D eigenvalue weighted by Crippen LogP contribution is -2.58. The summed E-state index contributed by atoms with van der Waals surface area (Å²) in [5.74, 6) is -1.02. The second-order valence-electron chi connectivity index (χ2n) is 8.28. The van der Waals surface area contributed by atoms with Gasteiger partial charge in [0, 0.05) is 12.4 Å². The van der Waals surface area contributed by atoms with Crippen molar-refractivity contribution in [2.75, 3.05) is 0 Å². The van der Waals surface area contributed by atoms with Crippen LogP contribution in [0, 0.1) is 10.8 Å². The van der Waals surface area contributed by atoms with Gasteiger partial charge in [0.15, 0.2) is 5.78 Å². The summed E-state index contributed by atoms with van der Waals surface area (Å²) >= 11 is 0. The minimum absolute atomic E-state index is 0.128. The van der Waals surface area contributed by atoms with E-state index in [4.69, 9.17) is 0 Å². The fourth-order valence-corrected chi connectivity index (χ4v) is 2.45. The molecule has 2 unspecified atom stereocenters. The molecule has 0 aliphatic carbocycles. The van der Waals surface area contributed by atoms with Crippen LogP contribution in [0.4, 0.5) is 0 Å². The first kappa shape index (κ1) is 24.7. The smallest absolute Gasteiger partial charge is 0.272 e. The largest absolute Gasteiger partial charge is 0.344 e. The summed E-state index contributed by atoms with van der Waals surface area (Å²) in [7, 11) is 0. The van der Waals surface area contributed by atoms with Crippen molar-refractivity contribution in [2.24, 2.45) is 10.8 Å². The van der Waals surface area contributed by atoms with Crippen LogP contribution in [0.1, 0.15) is 72.8 Å². The molecule has 1 rings (SSSR count). The minimum Gasteiger partial charge on any atom is -0.344 e. The van der Waals surface area contributed by atoms with Crippen molar-refractivity contribution in [1.82, 2.24) is 20.6 Å². The van der Waals surface area contributed by atoms with E-state index >= 15 is 0 Å². The number of hydrogen-bond acceptors (Lipinski definition) is 5. The maximum absolute atomic E-state index is 12.8. The first-order valence-corrected chi connectivity index (χ1v) is 9.21. The Labute approximate surface area is 162 Å². The number of amides is 2. The third-order valence-corrected chi connectivity index (χ3v) is 3.76. The van der Waals surface area contributed by atoms with Gasteiger partial charge in [-0.2, -0.15) is 0 Å². The molecule has 1 aromatic rings. The SMILES string of the molecule is CC.CC(=O)C(NC(=O)C(NC(=O)c1cnccn1)C(C)(C)C)C(C)(C)C. The van der Waals surface area contributed by atoms with Crippen molar-refractivity contribution < 1.29 is 14.4 Å². The van der Waals surface area contributed by atoms with Gasteiger partial charge in [0.1, 0.15) is 11.7 Å². The summed E-state index contributed by atoms with van der Waals surface area (Å²) < 4.78 is 0. The lowest BCUT2D eigenvalue weighted by Gasteiger charge is -2.35. The van der Waals surface area contributed by atoms with Gasteiger partial charge in [-0.3, -0.25) is 19.4 Å². The van der Waals surface area contributed by atoms with Crippen LogP contribution in [-0.4, -0.2) is 39.6 Å². The van der Waals surface area contributed by atoms with Crippen LogP contribution < -0.4 is 10.6 Å². The minimum atomic E-state index is -0.828. The molecule has 1 aromatic heterocycles. The molecule has 7 heteroatoms. The highest BCUT2D eigenvalue weighted by atomic mass is 16.2. The van der Waals surface area contributed by atoms with Crippen molar-refractivity contribution in [3.63, 3.8) is 0 Å². The maximum Gasteiger partial charge on any atom is 0.272 e. The highest BCUT2D eigenvalue weighted by Gasteiger charge is 2.37. The molecule has 2 amide bonds. The Morgan fingerprint density at radius 2 is 1.41 bits per heavy atom. The van der Waals surface area contributed by atoms with Crippen molar-refractivity contribution in [3.05, 3.63) is 24.3 Å². The van der Waals surface area contributed by atoms with Gasteiger partial charge in [-0.25, -0.2) is 4.98 Å². The van der Waals surface area contributed by atoms with Crippen LogP contribution in [0.25, 0.3) is 0 Å². The van der Waals surface area contributed by atoms with Crippen LogP contribution in [-0.2, 0) is 9.59 Å². The summed E-state index contributed by atoms with van der Waals surface area (Å²) in [5.41, 5.74) is -0.858. The molecule has 0 radical (unpaired) electrons. The molecule has 1 heterocycles. The molecule has 0 aliphatic heterocycles. The van der Waals surface area contributed by atoms with Crippen LogP contribution in [0.3, 0.4) is 0 Å². The molecule has 0 saturated heterocycles. The van der Waals surface area contributed by atoms with E-state index in [1.807, 2.05) is 55.4 Å². The number of nitrogens with one attached hydrogen (secondary N) is 2. The van der Waals surface area contributed by atoms with Crippen LogP contribution >= 0.6 is 0 Å². The van der Waals surface area contributed by atoms with Crippen LogP contribution in [0.2, 0.25) is 0 Å². The van der Waals surface area contributed by atoms with Gasteiger partial charge in [-0.05, 0) is 17.8 Å². The number of carbonyl (C=O) groups is 3. The summed E-state index contributed by atoms with van der Waals surface area (Å²) in [6, 6.07) is -1.47. The normalized spacial score (nSPS) is 13.5. The predicted octanol–water partition coefficient (Wildman–Crippen LogP) is 2.77. The first-order chi connectivity index (χ1) is 12.3. The number of ketones is 1. The van der Waals surface area contributed by atoms with Crippen molar-refractivity contribution in [1.29, 1.82) is 0 Å². The molecule has 0 aliphatic rings. The second-order valence-corrected chi connectivity index (χ2v) is 8.28. The summed E-state index contributed by atoms with van der Waals surface area (Å²) in [4.78, 5) is 44.9. The van der Waals surface area contributed by atoms with E-state index in [9.17, 15) is 14.4 Å². The van der Waals surface area contributed by atoms with E-state index in [1.54, 1.807) is 0 Å². The summed E-state index contributed by atoms with van der Waals surface area (Å²) in [5, 5.41) is 5.48. The number of aromatic nitrogens is 2. The van der Waals surface area contributed by atoms with Gasteiger partial charge in [0.2, 0.25) is 5.91 Å². The summed E-state index contributed by atoms with van der Waals surface area (Å²) in [6.45, 7) is 16.6. The Kier molecular flexibility index (Phi) is 9.27. The number of nitrogens with zero attached hydrogens (tertiary/aromatic N) is 2. The fourth-order valence-electron chi connectivity index (χ4n) is 2.45. The number of hydrogen-bond donors (Lipinski definition) is 2. The number of rotatable bonds is 5.